The number of carbonyl (C=O) groups excluding carboxylic acids is 2. The Kier molecular flexibility index (Phi) is 6.53. The minimum Gasteiger partial charge on any atom is -0.504 e. The Bertz CT molecular complexity index is 1090. The molecule has 0 aromatic heterocycles. The fraction of sp³-hybridized carbons (Fsp3) is 0.250. The summed E-state index contributed by atoms with van der Waals surface area (Å²) in [6.45, 7) is 5.20. The molecule has 0 spiro atoms. The van der Waals surface area contributed by atoms with Crippen molar-refractivity contribution < 1.29 is 19.8 Å². The summed E-state index contributed by atoms with van der Waals surface area (Å²) in [4.78, 5) is 27.1. The largest absolute Gasteiger partial charge is 0.504 e. The summed E-state index contributed by atoms with van der Waals surface area (Å²) in [6.07, 6.45) is 5.67. The van der Waals surface area contributed by atoms with Gasteiger partial charge >= 0.3 is 0 Å². The number of benzene rings is 2. The molecular formula is C24H26N4O4. The quantitative estimate of drug-likeness (QED) is 0.265. The van der Waals surface area contributed by atoms with E-state index in [2.05, 4.69) is 26.9 Å². The SMILES string of the molecule is O=C1NC(=O)c2ccc(C=CCN3CCNCC3)cc2C1=CNCc1ccc(O)c(O)c1. The number of phenols is 2. The van der Waals surface area contributed by atoms with Crippen molar-refractivity contribution in [3.63, 3.8) is 0 Å². The number of hydrogen-bond donors (Lipinski definition) is 5. The molecule has 0 bridgehead atoms. The molecule has 166 valence electrons. The number of rotatable bonds is 6. The molecule has 0 radical (unpaired) electrons. The number of aromatic hydroxyl groups is 2. The number of phenolic OH excluding ortho intramolecular Hbond substituents is 2. The van der Waals surface area contributed by atoms with Crippen molar-refractivity contribution in [1.29, 1.82) is 0 Å². The maximum atomic E-state index is 12.5. The predicted molar refractivity (Wildman–Crippen MR) is 122 cm³/mol. The Balaban J connectivity index is 1.51. The average Bonchev–Trinajstić information content (AvgIpc) is 2.79. The molecule has 0 unspecified atom stereocenters. The van der Waals surface area contributed by atoms with Crippen LogP contribution in [0.5, 0.6) is 11.5 Å². The van der Waals surface area contributed by atoms with Gasteiger partial charge in [-0.25, -0.2) is 0 Å². The maximum Gasteiger partial charge on any atom is 0.260 e. The second kappa shape index (κ2) is 9.67. The Morgan fingerprint density at radius 2 is 1.78 bits per heavy atom. The van der Waals surface area contributed by atoms with Crippen LogP contribution in [-0.4, -0.2) is 59.7 Å². The van der Waals surface area contributed by atoms with Gasteiger partial charge in [-0.05, 0) is 35.4 Å². The Morgan fingerprint density at radius 3 is 2.56 bits per heavy atom. The summed E-state index contributed by atoms with van der Waals surface area (Å²) in [5, 5.41) is 27.8. The second-order valence-electron chi connectivity index (χ2n) is 7.80. The van der Waals surface area contributed by atoms with E-state index < -0.39 is 11.8 Å². The minimum atomic E-state index is -0.467. The van der Waals surface area contributed by atoms with Crippen LogP contribution in [0.4, 0.5) is 0 Å². The van der Waals surface area contributed by atoms with E-state index in [-0.39, 0.29) is 11.5 Å². The smallest absolute Gasteiger partial charge is 0.260 e. The predicted octanol–water partition coefficient (Wildman–Crippen LogP) is 1.42. The summed E-state index contributed by atoms with van der Waals surface area (Å²) < 4.78 is 0. The first-order valence-corrected chi connectivity index (χ1v) is 10.6. The summed E-state index contributed by atoms with van der Waals surface area (Å²) in [5.41, 5.74) is 3.02. The fourth-order valence-electron chi connectivity index (χ4n) is 3.77. The third-order valence-electron chi connectivity index (χ3n) is 5.53. The van der Waals surface area contributed by atoms with Gasteiger partial charge in [0, 0.05) is 56.6 Å². The molecule has 8 nitrogen and oxygen atoms in total. The van der Waals surface area contributed by atoms with Crippen LogP contribution in [0.25, 0.3) is 11.6 Å². The summed E-state index contributed by atoms with van der Waals surface area (Å²) >= 11 is 0. The standard InChI is InChI=1S/C24H26N4O4/c29-21-6-4-17(13-22(21)30)14-26-15-20-19-12-16(2-1-9-28-10-7-25-8-11-28)3-5-18(19)23(31)27-24(20)32/h1-6,12-13,15,25-26,29-30H,7-11,14H2,(H,27,31,32). The van der Waals surface area contributed by atoms with Gasteiger partial charge in [0.05, 0.1) is 5.57 Å². The molecule has 2 amide bonds. The van der Waals surface area contributed by atoms with Gasteiger partial charge in [-0.2, -0.15) is 0 Å². The highest BCUT2D eigenvalue weighted by Crippen LogP contribution is 2.26. The lowest BCUT2D eigenvalue weighted by atomic mass is 9.93. The Morgan fingerprint density at radius 1 is 0.969 bits per heavy atom. The van der Waals surface area contributed by atoms with Gasteiger partial charge < -0.3 is 20.8 Å². The number of carbonyl (C=O) groups is 2. The molecule has 32 heavy (non-hydrogen) atoms. The summed E-state index contributed by atoms with van der Waals surface area (Å²) in [5.74, 6) is -1.28. The molecular weight excluding hydrogens is 408 g/mol. The molecule has 5 N–H and O–H groups in total. The molecule has 1 saturated heterocycles. The normalized spacial score (nSPS) is 18.1. The number of imide groups is 1. The van der Waals surface area contributed by atoms with E-state index in [4.69, 9.17) is 0 Å². The number of piperazine rings is 1. The van der Waals surface area contributed by atoms with Crippen LogP contribution in [-0.2, 0) is 11.3 Å². The monoisotopic (exact) mass is 434 g/mol. The van der Waals surface area contributed by atoms with Gasteiger partial charge in [0.25, 0.3) is 11.8 Å². The van der Waals surface area contributed by atoms with Gasteiger partial charge in [-0.3, -0.25) is 19.8 Å². The topological polar surface area (TPSA) is 114 Å². The first-order valence-electron chi connectivity index (χ1n) is 10.6. The van der Waals surface area contributed by atoms with Crippen molar-refractivity contribution in [1.82, 2.24) is 20.9 Å². The zero-order chi connectivity index (χ0) is 22.5. The van der Waals surface area contributed by atoms with Crippen molar-refractivity contribution >= 4 is 23.5 Å². The van der Waals surface area contributed by atoms with E-state index in [9.17, 15) is 19.8 Å². The molecule has 2 heterocycles. The lowest BCUT2D eigenvalue weighted by molar-refractivity contribution is -0.114. The van der Waals surface area contributed by atoms with Crippen LogP contribution < -0.4 is 16.0 Å². The van der Waals surface area contributed by atoms with Gasteiger partial charge in [-0.1, -0.05) is 24.3 Å². The van der Waals surface area contributed by atoms with Crippen molar-refractivity contribution in [3.8, 4) is 11.5 Å². The van der Waals surface area contributed by atoms with Crippen molar-refractivity contribution in [2.45, 2.75) is 6.54 Å². The van der Waals surface area contributed by atoms with Crippen molar-refractivity contribution in [2.24, 2.45) is 0 Å². The van der Waals surface area contributed by atoms with Crippen molar-refractivity contribution in [2.75, 3.05) is 32.7 Å². The number of hydrogen-bond acceptors (Lipinski definition) is 7. The van der Waals surface area contributed by atoms with Crippen LogP contribution in [0.3, 0.4) is 0 Å². The highest BCUT2D eigenvalue weighted by molar-refractivity contribution is 6.31. The van der Waals surface area contributed by atoms with E-state index in [1.54, 1.807) is 18.3 Å². The zero-order valence-electron chi connectivity index (χ0n) is 17.6. The summed E-state index contributed by atoms with van der Waals surface area (Å²) in [6, 6.07) is 9.96. The number of fused-ring (bicyclic) bond motifs is 1. The third kappa shape index (κ3) is 4.99. The number of amides is 2. The van der Waals surface area contributed by atoms with E-state index in [0.717, 1.165) is 43.9 Å². The lowest BCUT2D eigenvalue weighted by Crippen LogP contribution is -2.43. The van der Waals surface area contributed by atoms with E-state index in [1.165, 1.54) is 12.1 Å². The molecule has 0 saturated carbocycles. The van der Waals surface area contributed by atoms with Gasteiger partial charge in [0.15, 0.2) is 11.5 Å². The van der Waals surface area contributed by atoms with Gasteiger partial charge in [0.2, 0.25) is 0 Å². The molecule has 2 aromatic rings. The highest BCUT2D eigenvalue weighted by atomic mass is 16.3. The molecule has 2 aromatic carbocycles. The van der Waals surface area contributed by atoms with Crippen LogP contribution >= 0.6 is 0 Å². The highest BCUT2D eigenvalue weighted by Gasteiger charge is 2.27. The lowest BCUT2D eigenvalue weighted by Gasteiger charge is -2.25. The van der Waals surface area contributed by atoms with Crippen molar-refractivity contribution in [3.05, 3.63) is 70.9 Å². The molecule has 0 atom stereocenters. The molecule has 2 aliphatic heterocycles. The van der Waals surface area contributed by atoms with Crippen LogP contribution in [0.1, 0.15) is 27.0 Å². The number of nitrogens with zero attached hydrogens (tertiary/aromatic N) is 1. The second-order valence-corrected chi connectivity index (χ2v) is 7.80. The van der Waals surface area contributed by atoms with Gasteiger partial charge in [0.1, 0.15) is 0 Å². The van der Waals surface area contributed by atoms with E-state index in [1.807, 2.05) is 18.2 Å². The van der Waals surface area contributed by atoms with Crippen LogP contribution in [0, 0.1) is 0 Å². The van der Waals surface area contributed by atoms with Crippen LogP contribution in [0.15, 0.2) is 48.7 Å². The first kappa shape index (κ1) is 21.6. The molecule has 8 heteroatoms. The molecule has 2 aliphatic rings. The first-order chi connectivity index (χ1) is 15.5. The maximum absolute atomic E-state index is 12.5. The Hall–Kier alpha value is -3.62. The van der Waals surface area contributed by atoms with Crippen LogP contribution in [0.2, 0.25) is 0 Å². The molecule has 0 aliphatic carbocycles. The van der Waals surface area contributed by atoms with Gasteiger partial charge in [-0.15, -0.1) is 0 Å². The van der Waals surface area contributed by atoms with E-state index in [0.29, 0.717) is 23.2 Å². The zero-order valence-corrected chi connectivity index (χ0v) is 17.6. The summed E-state index contributed by atoms with van der Waals surface area (Å²) in [7, 11) is 0. The molecule has 1 fully saturated rings. The minimum absolute atomic E-state index is 0.191. The van der Waals surface area contributed by atoms with E-state index >= 15 is 0 Å². The molecule has 4 rings (SSSR count). The fourth-order valence-corrected chi connectivity index (χ4v) is 3.77. The average molecular weight is 434 g/mol. The number of nitrogens with one attached hydrogen (secondary N) is 3. The Labute approximate surface area is 186 Å². The third-order valence-corrected chi connectivity index (χ3v) is 5.53.